The molecular weight excluding hydrogens is 865 g/mol. The minimum Gasteiger partial charge on any atom is -0.444 e. The average Bonchev–Trinajstić information content (AvgIpc) is 3.02. The molecule has 21 heteroatoms. The van der Waals surface area contributed by atoms with Crippen LogP contribution in [0.15, 0.2) is 0 Å². The smallest absolute Gasteiger partial charge is 0.407 e. The van der Waals surface area contributed by atoms with Crippen LogP contribution < -0.4 is 16.0 Å². The number of nitrogens with one attached hydrogen (secondary N) is 3. The number of carbonyl (C=O) groups excluding carboxylic acids is 3. The molecule has 3 amide bonds. The van der Waals surface area contributed by atoms with Crippen LogP contribution in [0.5, 0.6) is 0 Å². The third-order valence-electron chi connectivity index (χ3n) is 4.84. The second kappa shape index (κ2) is 35.3. The minimum absolute atomic E-state index is 0.0141. The molecular formula is C34H70IN3O16S. The number of alkyl halides is 1. The van der Waals surface area contributed by atoms with Crippen LogP contribution in [0.25, 0.3) is 0 Å². The van der Waals surface area contributed by atoms with Crippen LogP contribution in [0, 0.1) is 0 Å². The Labute approximate surface area is 342 Å². The lowest BCUT2D eigenvalue weighted by Gasteiger charge is -2.19. The third-order valence-corrected chi connectivity index (χ3v) is 5.88. The molecule has 0 bridgehead atoms. The maximum Gasteiger partial charge on any atom is 0.407 e. The molecule has 0 aromatic heterocycles. The van der Waals surface area contributed by atoms with E-state index in [0.717, 1.165) is 17.3 Å². The van der Waals surface area contributed by atoms with Crippen LogP contribution in [0.2, 0.25) is 0 Å². The van der Waals surface area contributed by atoms with Crippen molar-refractivity contribution < 1.29 is 74.7 Å². The van der Waals surface area contributed by atoms with Gasteiger partial charge in [-0.3, -0.25) is 4.18 Å². The largest absolute Gasteiger partial charge is 0.444 e. The van der Waals surface area contributed by atoms with Gasteiger partial charge in [0.25, 0.3) is 10.1 Å². The van der Waals surface area contributed by atoms with Crippen molar-refractivity contribution in [3.63, 3.8) is 0 Å². The zero-order valence-electron chi connectivity index (χ0n) is 34.6. The highest BCUT2D eigenvalue weighted by Gasteiger charge is 2.17. The van der Waals surface area contributed by atoms with Gasteiger partial charge in [0, 0.05) is 24.1 Å². The van der Waals surface area contributed by atoms with Gasteiger partial charge < -0.3 is 63.7 Å². The van der Waals surface area contributed by atoms with E-state index in [4.69, 9.17) is 47.7 Å². The van der Waals surface area contributed by atoms with Gasteiger partial charge in [0.1, 0.15) is 16.8 Å². The Bertz CT molecular complexity index is 1010. The molecule has 55 heavy (non-hydrogen) atoms. The van der Waals surface area contributed by atoms with Crippen LogP contribution in [-0.4, -0.2) is 171 Å². The summed E-state index contributed by atoms with van der Waals surface area (Å²) in [7, 11) is -3.41. The van der Waals surface area contributed by atoms with E-state index in [-0.39, 0.29) is 19.8 Å². The SMILES string of the molecule is CC(C)(C)OC(=O)NCCOCCOCCI.CC(C)(C)OC(=O)NCCOCCOCCO.CC(C)(C)OC(=O)NCCOCCOCCOS(C)(=O)=O. The summed E-state index contributed by atoms with van der Waals surface area (Å²) in [5, 5.41) is 16.2. The van der Waals surface area contributed by atoms with Gasteiger partial charge in [0.15, 0.2) is 0 Å². The van der Waals surface area contributed by atoms with Crippen molar-refractivity contribution in [3.8, 4) is 0 Å². The Morgan fingerprint density at radius 1 is 0.491 bits per heavy atom. The van der Waals surface area contributed by atoms with E-state index in [2.05, 4.69) is 42.7 Å². The highest BCUT2D eigenvalue weighted by atomic mass is 127. The van der Waals surface area contributed by atoms with Gasteiger partial charge >= 0.3 is 18.3 Å². The maximum absolute atomic E-state index is 11.3. The number of hydrogen-bond donors (Lipinski definition) is 4. The lowest BCUT2D eigenvalue weighted by Crippen LogP contribution is -2.34. The first-order valence-electron chi connectivity index (χ1n) is 17.9. The summed E-state index contributed by atoms with van der Waals surface area (Å²) in [6.07, 6.45) is -0.367. The van der Waals surface area contributed by atoms with Gasteiger partial charge in [-0.05, 0) is 62.3 Å². The summed E-state index contributed by atoms with van der Waals surface area (Å²) < 4.78 is 72.9. The van der Waals surface area contributed by atoms with Gasteiger partial charge in [0.05, 0.1) is 98.8 Å². The molecule has 0 rings (SSSR count). The fourth-order valence-electron chi connectivity index (χ4n) is 2.95. The van der Waals surface area contributed by atoms with Crippen molar-refractivity contribution >= 4 is 51.0 Å². The molecule has 0 radical (unpaired) electrons. The summed E-state index contributed by atoms with van der Waals surface area (Å²) in [6, 6.07) is 0. The number of ether oxygens (including phenoxy) is 9. The molecule has 0 fully saturated rings. The summed E-state index contributed by atoms with van der Waals surface area (Å²) in [6.45, 7) is 22.6. The second-order valence-corrected chi connectivity index (χ2v) is 16.6. The van der Waals surface area contributed by atoms with Crippen LogP contribution in [0.1, 0.15) is 62.3 Å². The zero-order valence-corrected chi connectivity index (χ0v) is 37.6. The summed E-state index contributed by atoms with van der Waals surface area (Å²) >= 11 is 2.25. The van der Waals surface area contributed by atoms with Gasteiger partial charge in [-0.1, -0.05) is 22.6 Å². The number of hydrogen-bond acceptors (Lipinski definition) is 16. The van der Waals surface area contributed by atoms with Gasteiger partial charge in [0.2, 0.25) is 0 Å². The summed E-state index contributed by atoms with van der Waals surface area (Å²) in [5.41, 5.74) is -1.46. The Hall–Kier alpha value is -1.83. The number of carbonyl (C=O) groups is 3. The van der Waals surface area contributed by atoms with Crippen molar-refractivity contribution in [2.45, 2.75) is 79.1 Å². The number of rotatable bonds is 26. The number of amides is 3. The number of halogens is 1. The third kappa shape index (κ3) is 59.0. The summed E-state index contributed by atoms with van der Waals surface area (Å²) in [5.74, 6) is 0. The standard InChI is InChI=1S/C12H25NO7S.C11H22INO4.C11H23NO5/c1-12(2,3)20-11(14)13-5-6-17-7-8-18-9-10-19-21(4,15)16;1-11(2,3)17-10(14)13-5-7-16-9-8-15-6-4-12;1-11(2,3)17-10(14)12-4-6-15-8-9-16-7-5-13/h5-10H2,1-4H3,(H,13,14);4-9H2,1-3H3,(H,13,14);13H,4-9H2,1-3H3,(H,12,14). The first-order chi connectivity index (χ1) is 25.5. The van der Waals surface area contributed by atoms with Crippen molar-refractivity contribution in [3.05, 3.63) is 0 Å². The van der Waals surface area contributed by atoms with E-state index >= 15 is 0 Å². The van der Waals surface area contributed by atoms with Crippen molar-refractivity contribution in [1.29, 1.82) is 0 Å². The molecule has 0 aliphatic carbocycles. The van der Waals surface area contributed by atoms with Gasteiger partial charge in [-0.25, -0.2) is 14.4 Å². The van der Waals surface area contributed by atoms with E-state index < -0.39 is 45.2 Å². The van der Waals surface area contributed by atoms with E-state index in [9.17, 15) is 22.8 Å². The second-order valence-electron chi connectivity index (χ2n) is 13.9. The predicted molar refractivity (Wildman–Crippen MR) is 214 cm³/mol. The monoisotopic (exact) mass is 935 g/mol. The molecule has 4 N–H and O–H groups in total. The normalized spacial score (nSPS) is 11.6. The molecule has 0 aliphatic heterocycles. The Morgan fingerprint density at radius 3 is 1.04 bits per heavy atom. The van der Waals surface area contributed by atoms with Crippen LogP contribution in [0.4, 0.5) is 14.4 Å². The van der Waals surface area contributed by atoms with Crippen LogP contribution in [0.3, 0.4) is 0 Å². The quantitative estimate of drug-likeness (QED) is 0.0321. The van der Waals surface area contributed by atoms with Crippen molar-refractivity contribution in [2.24, 2.45) is 0 Å². The van der Waals surface area contributed by atoms with Crippen LogP contribution in [-0.2, 0) is 56.9 Å². The molecule has 330 valence electrons. The van der Waals surface area contributed by atoms with Crippen LogP contribution >= 0.6 is 22.6 Å². The molecule has 0 unspecified atom stereocenters. The molecule has 0 spiro atoms. The molecule has 0 saturated heterocycles. The molecule has 0 aliphatic rings. The first-order valence-corrected chi connectivity index (χ1v) is 21.2. The predicted octanol–water partition coefficient (Wildman–Crippen LogP) is 3.04. The first kappa shape index (κ1) is 57.5. The number of alkyl carbamates (subject to hydrolysis) is 3. The lowest BCUT2D eigenvalue weighted by atomic mass is 10.2. The molecule has 0 aromatic rings. The zero-order chi connectivity index (χ0) is 42.7. The fourth-order valence-corrected chi connectivity index (χ4v) is 3.63. The van der Waals surface area contributed by atoms with Crippen molar-refractivity contribution in [1.82, 2.24) is 16.0 Å². The molecule has 0 heterocycles. The average molecular weight is 936 g/mol. The Morgan fingerprint density at radius 2 is 0.764 bits per heavy atom. The highest BCUT2D eigenvalue weighted by molar-refractivity contribution is 14.1. The Kier molecular flexibility index (Phi) is 36.9. The molecule has 19 nitrogen and oxygen atoms in total. The Balaban J connectivity index is -0.000000744. The fraction of sp³-hybridized carbons (Fsp3) is 0.912. The molecule has 0 atom stereocenters. The van der Waals surface area contributed by atoms with Gasteiger partial charge in [-0.2, -0.15) is 8.42 Å². The van der Waals surface area contributed by atoms with Crippen molar-refractivity contribution in [2.75, 3.05) is 123 Å². The van der Waals surface area contributed by atoms with E-state index in [1.54, 1.807) is 20.8 Å². The van der Waals surface area contributed by atoms with E-state index in [1.165, 1.54) is 0 Å². The van der Waals surface area contributed by atoms with Gasteiger partial charge in [-0.15, -0.1) is 0 Å². The number of aliphatic hydroxyl groups is 1. The topological polar surface area (TPSA) is 234 Å². The van der Waals surface area contributed by atoms with E-state index in [0.29, 0.717) is 85.7 Å². The highest BCUT2D eigenvalue weighted by Crippen LogP contribution is 2.07. The van der Waals surface area contributed by atoms with E-state index in [1.807, 2.05) is 41.5 Å². The molecule has 0 saturated carbocycles. The molecule has 0 aromatic carbocycles. The lowest BCUT2D eigenvalue weighted by molar-refractivity contribution is 0.0302. The summed E-state index contributed by atoms with van der Waals surface area (Å²) in [4.78, 5) is 33.7. The minimum atomic E-state index is -3.41. The maximum atomic E-state index is 11.3. The number of aliphatic hydroxyl groups excluding tert-OH is 1.